The van der Waals surface area contributed by atoms with E-state index in [4.69, 9.17) is 5.11 Å². The van der Waals surface area contributed by atoms with Crippen LogP contribution >= 0.6 is 11.3 Å². The Morgan fingerprint density at radius 2 is 1.83 bits per heavy atom. The Hall–Kier alpha value is -3.06. The van der Waals surface area contributed by atoms with Gasteiger partial charge in [-0.2, -0.15) is 0 Å². The van der Waals surface area contributed by atoms with E-state index in [0.717, 1.165) is 11.3 Å². The van der Waals surface area contributed by atoms with E-state index in [9.17, 15) is 15.0 Å². The summed E-state index contributed by atoms with van der Waals surface area (Å²) < 4.78 is 0. The molecule has 23 heavy (non-hydrogen) atoms. The molecule has 6 nitrogen and oxygen atoms in total. The molecular formula is C16H12N2O4S. The molecule has 0 fully saturated rings. The largest absolute Gasteiger partial charge is 0.508 e. The minimum atomic E-state index is -1.20. The van der Waals surface area contributed by atoms with E-state index < -0.39 is 5.97 Å². The van der Waals surface area contributed by atoms with Crippen LogP contribution in [0, 0.1) is 0 Å². The molecule has 0 aliphatic heterocycles. The van der Waals surface area contributed by atoms with Crippen molar-refractivity contribution in [2.75, 3.05) is 5.32 Å². The molecule has 2 aromatic carbocycles. The van der Waals surface area contributed by atoms with E-state index in [2.05, 4.69) is 10.3 Å². The van der Waals surface area contributed by atoms with Crippen molar-refractivity contribution in [2.24, 2.45) is 0 Å². The van der Waals surface area contributed by atoms with Crippen LogP contribution in [0.1, 0.15) is 10.4 Å². The van der Waals surface area contributed by atoms with E-state index in [1.165, 1.54) is 23.5 Å². The lowest BCUT2D eigenvalue weighted by molar-refractivity contribution is 0.0694. The molecule has 0 radical (unpaired) electrons. The number of carboxylic acids is 1. The van der Waals surface area contributed by atoms with Crippen molar-refractivity contribution in [1.29, 1.82) is 0 Å². The minimum Gasteiger partial charge on any atom is -0.508 e. The lowest BCUT2D eigenvalue weighted by atomic mass is 10.2. The summed E-state index contributed by atoms with van der Waals surface area (Å²) in [5.74, 6) is -1.30. The highest BCUT2D eigenvalue weighted by molar-refractivity contribution is 7.14. The summed E-state index contributed by atoms with van der Waals surface area (Å²) in [6.07, 6.45) is 0. The SMILES string of the molecule is O=C(O)c1cc(Nc2nc(-c3ccc(O)cc3)cs2)ccc1O. The first-order valence-electron chi connectivity index (χ1n) is 6.61. The number of anilines is 2. The second kappa shape index (κ2) is 5.98. The molecule has 0 aliphatic rings. The molecule has 0 amide bonds. The third kappa shape index (κ3) is 3.24. The molecule has 1 aromatic heterocycles. The van der Waals surface area contributed by atoms with Gasteiger partial charge in [-0.05, 0) is 42.5 Å². The summed E-state index contributed by atoms with van der Waals surface area (Å²) in [4.78, 5) is 15.4. The zero-order valence-corrected chi connectivity index (χ0v) is 12.5. The van der Waals surface area contributed by atoms with E-state index in [0.29, 0.717) is 10.8 Å². The van der Waals surface area contributed by atoms with Crippen molar-refractivity contribution in [3.8, 4) is 22.8 Å². The first-order valence-corrected chi connectivity index (χ1v) is 7.49. The van der Waals surface area contributed by atoms with Gasteiger partial charge in [0.2, 0.25) is 0 Å². The van der Waals surface area contributed by atoms with Crippen LogP contribution in [0.2, 0.25) is 0 Å². The van der Waals surface area contributed by atoms with E-state index in [-0.39, 0.29) is 17.1 Å². The van der Waals surface area contributed by atoms with Crippen molar-refractivity contribution in [2.45, 2.75) is 0 Å². The predicted molar refractivity (Wildman–Crippen MR) is 87.6 cm³/mol. The van der Waals surface area contributed by atoms with Gasteiger partial charge in [0.25, 0.3) is 0 Å². The number of carbonyl (C=O) groups is 1. The van der Waals surface area contributed by atoms with Gasteiger partial charge < -0.3 is 20.6 Å². The normalized spacial score (nSPS) is 10.4. The van der Waals surface area contributed by atoms with E-state index in [1.807, 2.05) is 5.38 Å². The highest BCUT2D eigenvalue weighted by Crippen LogP contribution is 2.29. The number of nitrogens with zero attached hydrogens (tertiary/aromatic N) is 1. The molecule has 116 valence electrons. The Kier molecular flexibility index (Phi) is 3.86. The number of benzene rings is 2. The zero-order chi connectivity index (χ0) is 16.4. The Bertz CT molecular complexity index is 859. The molecule has 4 N–H and O–H groups in total. The topological polar surface area (TPSA) is 103 Å². The number of aromatic nitrogens is 1. The predicted octanol–water partition coefficient (Wildman–Crippen LogP) is 3.66. The molecule has 3 aromatic rings. The number of nitrogens with one attached hydrogen (secondary N) is 1. The van der Waals surface area contributed by atoms with Crippen LogP contribution in [-0.2, 0) is 0 Å². The molecular weight excluding hydrogens is 316 g/mol. The molecule has 0 spiro atoms. The van der Waals surface area contributed by atoms with Crippen LogP contribution in [0.5, 0.6) is 11.5 Å². The summed E-state index contributed by atoms with van der Waals surface area (Å²) in [5, 5.41) is 33.3. The number of phenolic OH excluding ortho intramolecular Hbond substituents is 1. The lowest BCUT2D eigenvalue weighted by Crippen LogP contribution is -1.98. The van der Waals surface area contributed by atoms with Crippen molar-refractivity contribution in [1.82, 2.24) is 4.98 Å². The van der Waals surface area contributed by atoms with Gasteiger partial charge in [-0.25, -0.2) is 9.78 Å². The zero-order valence-electron chi connectivity index (χ0n) is 11.7. The second-order valence-corrected chi connectivity index (χ2v) is 5.60. The minimum absolute atomic E-state index is 0.176. The van der Waals surface area contributed by atoms with Gasteiger partial charge in [0.1, 0.15) is 17.1 Å². The molecule has 7 heteroatoms. The molecule has 0 saturated carbocycles. The van der Waals surface area contributed by atoms with Gasteiger partial charge in [0.15, 0.2) is 5.13 Å². The Morgan fingerprint density at radius 1 is 1.09 bits per heavy atom. The highest BCUT2D eigenvalue weighted by Gasteiger charge is 2.11. The van der Waals surface area contributed by atoms with Crippen molar-refractivity contribution >= 4 is 28.1 Å². The average molecular weight is 328 g/mol. The molecule has 0 bridgehead atoms. The maximum absolute atomic E-state index is 11.0. The van der Waals surface area contributed by atoms with Gasteiger partial charge in [0.05, 0.1) is 5.69 Å². The standard InChI is InChI=1S/C16H12N2O4S/c19-11-4-1-9(2-5-11)13-8-23-16(18-13)17-10-3-6-14(20)12(7-10)15(21)22/h1-8,19-20H,(H,17,18)(H,21,22). The number of aromatic hydroxyl groups is 2. The van der Waals surface area contributed by atoms with Crippen molar-refractivity contribution in [3.63, 3.8) is 0 Å². The Morgan fingerprint density at radius 3 is 2.52 bits per heavy atom. The van der Waals surface area contributed by atoms with Gasteiger partial charge in [-0.3, -0.25) is 0 Å². The van der Waals surface area contributed by atoms with E-state index in [1.54, 1.807) is 30.3 Å². The molecule has 0 atom stereocenters. The average Bonchev–Trinajstić information content (AvgIpc) is 2.98. The molecule has 1 heterocycles. The highest BCUT2D eigenvalue weighted by atomic mass is 32.1. The van der Waals surface area contributed by atoms with Crippen LogP contribution < -0.4 is 5.32 Å². The van der Waals surface area contributed by atoms with Gasteiger partial charge in [0, 0.05) is 16.6 Å². The smallest absolute Gasteiger partial charge is 0.339 e. The Balaban J connectivity index is 1.83. The number of rotatable bonds is 4. The Labute approximate surface area is 135 Å². The number of aromatic carboxylic acids is 1. The summed E-state index contributed by atoms with van der Waals surface area (Å²) in [7, 11) is 0. The maximum Gasteiger partial charge on any atom is 0.339 e. The number of carboxylic acid groups (broad SMARTS) is 1. The van der Waals surface area contributed by atoms with Gasteiger partial charge in [-0.1, -0.05) is 0 Å². The number of hydrogen-bond acceptors (Lipinski definition) is 6. The third-order valence-electron chi connectivity index (χ3n) is 3.15. The number of thiazole rings is 1. The molecule has 3 rings (SSSR count). The maximum atomic E-state index is 11.0. The summed E-state index contributed by atoms with van der Waals surface area (Å²) >= 11 is 1.37. The fourth-order valence-corrected chi connectivity index (χ4v) is 2.74. The van der Waals surface area contributed by atoms with Crippen LogP contribution in [0.25, 0.3) is 11.3 Å². The first kappa shape index (κ1) is 14.9. The lowest BCUT2D eigenvalue weighted by Gasteiger charge is -2.05. The van der Waals surface area contributed by atoms with Crippen LogP contribution in [0.15, 0.2) is 47.8 Å². The molecule has 0 unspecified atom stereocenters. The summed E-state index contributed by atoms with van der Waals surface area (Å²) in [6.45, 7) is 0. The number of hydrogen-bond donors (Lipinski definition) is 4. The molecule has 0 saturated heterocycles. The fraction of sp³-hybridized carbons (Fsp3) is 0. The quantitative estimate of drug-likeness (QED) is 0.545. The fourth-order valence-electron chi connectivity index (χ4n) is 2.00. The van der Waals surface area contributed by atoms with Crippen LogP contribution in [0.3, 0.4) is 0 Å². The molecule has 0 aliphatic carbocycles. The first-order chi connectivity index (χ1) is 11.0. The summed E-state index contributed by atoms with van der Waals surface area (Å²) in [5.41, 5.74) is 1.95. The van der Waals surface area contributed by atoms with Crippen LogP contribution in [0.4, 0.5) is 10.8 Å². The number of phenols is 2. The second-order valence-electron chi connectivity index (χ2n) is 4.75. The van der Waals surface area contributed by atoms with Crippen molar-refractivity contribution < 1.29 is 20.1 Å². The van der Waals surface area contributed by atoms with Gasteiger partial charge >= 0.3 is 5.97 Å². The summed E-state index contributed by atoms with van der Waals surface area (Å²) in [6, 6.07) is 10.9. The van der Waals surface area contributed by atoms with E-state index >= 15 is 0 Å². The monoisotopic (exact) mass is 328 g/mol. The van der Waals surface area contributed by atoms with Crippen LogP contribution in [-0.4, -0.2) is 26.3 Å². The van der Waals surface area contributed by atoms with Crippen molar-refractivity contribution in [3.05, 3.63) is 53.4 Å². The van der Waals surface area contributed by atoms with Gasteiger partial charge in [-0.15, -0.1) is 11.3 Å². The third-order valence-corrected chi connectivity index (χ3v) is 3.90.